The number of hydrogen-bond donors (Lipinski definition) is 2. The van der Waals surface area contributed by atoms with Crippen molar-refractivity contribution >= 4 is 29.0 Å². The normalized spacial score (nSPS) is 10.7. The van der Waals surface area contributed by atoms with Crippen LogP contribution >= 0.6 is 23.3 Å². The van der Waals surface area contributed by atoms with E-state index in [4.69, 9.17) is 4.42 Å². The highest BCUT2D eigenvalue weighted by Crippen LogP contribution is 2.33. The van der Waals surface area contributed by atoms with Crippen molar-refractivity contribution in [1.29, 1.82) is 0 Å². The largest absolute Gasteiger partial charge is 0.464 e. The van der Waals surface area contributed by atoms with Crippen molar-refractivity contribution in [3.63, 3.8) is 0 Å². The molecule has 5 heteroatoms. The number of rotatable bonds is 6. The second-order valence-electron chi connectivity index (χ2n) is 4.55. The van der Waals surface area contributed by atoms with Crippen LogP contribution in [-0.2, 0) is 6.54 Å². The molecule has 3 aromatic rings. The van der Waals surface area contributed by atoms with Crippen molar-refractivity contribution in [3.8, 4) is 11.3 Å². The van der Waals surface area contributed by atoms with E-state index in [9.17, 15) is 0 Å². The zero-order chi connectivity index (χ0) is 14.5. The second-order valence-corrected chi connectivity index (χ2v) is 6.21. The first-order chi connectivity index (χ1) is 10.4. The molecule has 0 bridgehead atoms. The van der Waals surface area contributed by atoms with Crippen molar-refractivity contribution in [1.82, 2.24) is 5.32 Å². The molecule has 21 heavy (non-hydrogen) atoms. The molecular formula is C16H16N2OS2. The molecule has 2 N–H and O–H groups in total. The Hall–Kier alpha value is -1.69. The Morgan fingerprint density at radius 2 is 2.19 bits per heavy atom. The number of hydrogen-bond acceptors (Lipinski definition) is 5. The number of furan rings is 1. The first-order valence-corrected chi connectivity index (χ1v) is 8.39. The summed E-state index contributed by atoms with van der Waals surface area (Å²) in [5.74, 6) is 0.876. The number of nitrogens with one attached hydrogen (secondary N) is 2. The first kappa shape index (κ1) is 14.3. The maximum atomic E-state index is 5.56. The van der Waals surface area contributed by atoms with E-state index in [2.05, 4.69) is 45.1 Å². The zero-order valence-electron chi connectivity index (χ0n) is 11.6. The minimum Gasteiger partial charge on any atom is -0.464 e. The van der Waals surface area contributed by atoms with Gasteiger partial charge in [0.1, 0.15) is 5.76 Å². The molecule has 2 aromatic heterocycles. The van der Waals surface area contributed by atoms with E-state index in [1.54, 1.807) is 29.5 Å². The molecule has 0 saturated heterocycles. The Bertz CT molecular complexity index is 678. The Morgan fingerprint density at radius 1 is 1.24 bits per heavy atom. The molecule has 108 valence electrons. The van der Waals surface area contributed by atoms with Crippen LogP contribution in [0.2, 0.25) is 0 Å². The molecule has 0 aliphatic heterocycles. The van der Waals surface area contributed by atoms with Crippen LogP contribution in [0.25, 0.3) is 11.3 Å². The Balaban J connectivity index is 1.87. The van der Waals surface area contributed by atoms with Crippen LogP contribution < -0.4 is 10.0 Å². The first-order valence-electron chi connectivity index (χ1n) is 6.63. The van der Waals surface area contributed by atoms with Gasteiger partial charge in [0.2, 0.25) is 0 Å². The fourth-order valence-electron chi connectivity index (χ4n) is 2.05. The van der Waals surface area contributed by atoms with Crippen LogP contribution in [0.5, 0.6) is 0 Å². The van der Waals surface area contributed by atoms with Crippen molar-refractivity contribution < 1.29 is 4.42 Å². The van der Waals surface area contributed by atoms with Gasteiger partial charge in [-0.05, 0) is 60.3 Å². The van der Waals surface area contributed by atoms with Gasteiger partial charge in [-0.3, -0.25) is 0 Å². The highest BCUT2D eigenvalue weighted by atomic mass is 32.2. The summed E-state index contributed by atoms with van der Waals surface area (Å²) in [6.07, 6.45) is 1.70. The summed E-state index contributed by atoms with van der Waals surface area (Å²) in [5, 5.41) is 7.38. The van der Waals surface area contributed by atoms with Crippen LogP contribution in [0.4, 0.5) is 5.69 Å². The van der Waals surface area contributed by atoms with Gasteiger partial charge in [0.15, 0.2) is 0 Å². The van der Waals surface area contributed by atoms with Crippen LogP contribution in [0, 0.1) is 0 Å². The number of anilines is 1. The summed E-state index contributed by atoms with van der Waals surface area (Å²) < 4.78 is 8.98. The lowest BCUT2D eigenvalue weighted by atomic mass is 10.1. The molecule has 0 amide bonds. The molecular weight excluding hydrogens is 300 g/mol. The number of thiophene rings is 1. The predicted molar refractivity (Wildman–Crippen MR) is 90.7 cm³/mol. The monoisotopic (exact) mass is 316 g/mol. The summed E-state index contributed by atoms with van der Waals surface area (Å²) in [6, 6.07) is 12.4. The summed E-state index contributed by atoms with van der Waals surface area (Å²) in [5.41, 5.74) is 3.37. The predicted octanol–water partition coefficient (Wildman–Crippen LogP) is 4.85. The Morgan fingerprint density at radius 3 is 2.90 bits per heavy atom. The number of benzene rings is 1. The average Bonchev–Trinajstić information content (AvgIpc) is 3.20. The summed E-state index contributed by atoms with van der Waals surface area (Å²) in [7, 11) is 1.95. The molecule has 0 radical (unpaired) electrons. The molecule has 0 saturated carbocycles. The zero-order valence-corrected chi connectivity index (χ0v) is 13.3. The fraction of sp³-hybridized carbons (Fsp3) is 0.125. The minimum absolute atomic E-state index is 0.839. The van der Waals surface area contributed by atoms with Gasteiger partial charge in [-0.15, -0.1) is 0 Å². The third-order valence-electron chi connectivity index (χ3n) is 3.03. The Labute approximate surface area is 132 Å². The van der Waals surface area contributed by atoms with E-state index < -0.39 is 0 Å². The van der Waals surface area contributed by atoms with E-state index >= 15 is 0 Å². The molecule has 0 aliphatic carbocycles. The van der Waals surface area contributed by atoms with Crippen LogP contribution in [0.15, 0.2) is 62.7 Å². The van der Waals surface area contributed by atoms with Crippen molar-refractivity contribution in [2.75, 3.05) is 11.8 Å². The molecule has 0 unspecified atom stereocenters. The standard InChI is InChI=1S/C16H16N2OS2/c1-17-10-12-4-5-15(18-21-13-6-8-20-11-13)14(9-12)16-3-2-7-19-16/h2-9,11,17-18H,10H2,1H3. The van der Waals surface area contributed by atoms with Gasteiger partial charge in [-0.25, -0.2) is 0 Å². The third-order valence-corrected chi connectivity index (χ3v) is 4.67. The lowest BCUT2D eigenvalue weighted by Gasteiger charge is -2.11. The quantitative estimate of drug-likeness (QED) is 0.638. The van der Waals surface area contributed by atoms with Gasteiger partial charge >= 0.3 is 0 Å². The SMILES string of the molecule is CNCc1ccc(NSc2ccsc2)c(-c2ccco2)c1. The third kappa shape index (κ3) is 3.50. The van der Waals surface area contributed by atoms with Gasteiger partial charge < -0.3 is 14.5 Å². The van der Waals surface area contributed by atoms with Crippen molar-refractivity contribution in [3.05, 3.63) is 59.0 Å². The molecule has 0 fully saturated rings. The van der Waals surface area contributed by atoms with Crippen LogP contribution in [0.1, 0.15) is 5.56 Å². The van der Waals surface area contributed by atoms with Gasteiger partial charge in [0, 0.05) is 22.4 Å². The van der Waals surface area contributed by atoms with Gasteiger partial charge in [0.05, 0.1) is 12.0 Å². The molecule has 0 aliphatic rings. The molecule has 0 spiro atoms. The lowest BCUT2D eigenvalue weighted by Crippen LogP contribution is -2.05. The molecule has 0 atom stereocenters. The highest BCUT2D eigenvalue weighted by Gasteiger charge is 2.09. The van der Waals surface area contributed by atoms with E-state index in [1.165, 1.54) is 10.5 Å². The average molecular weight is 316 g/mol. The van der Waals surface area contributed by atoms with Gasteiger partial charge in [0.25, 0.3) is 0 Å². The van der Waals surface area contributed by atoms with E-state index in [0.717, 1.165) is 23.6 Å². The smallest absolute Gasteiger partial charge is 0.135 e. The maximum Gasteiger partial charge on any atom is 0.135 e. The highest BCUT2D eigenvalue weighted by molar-refractivity contribution is 8.00. The topological polar surface area (TPSA) is 37.2 Å². The van der Waals surface area contributed by atoms with Crippen LogP contribution in [0.3, 0.4) is 0 Å². The molecule has 3 rings (SSSR count). The minimum atomic E-state index is 0.839. The van der Waals surface area contributed by atoms with Crippen molar-refractivity contribution in [2.24, 2.45) is 0 Å². The van der Waals surface area contributed by atoms with E-state index in [1.807, 2.05) is 19.2 Å². The van der Waals surface area contributed by atoms with Crippen LogP contribution in [-0.4, -0.2) is 7.05 Å². The van der Waals surface area contributed by atoms with E-state index in [-0.39, 0.29) is 0 Å². The maximum absolute atomic E-state index is 5.56. The fourth-order valence-corrected chi connectivity index (χ4v) is 3.56. The van der Waals surface area contributed by atoms with Gasteiger partial charge in [-0.2, -0.15) is 11.3 Å². The van der Waals surface area contributed by atoms with Gasteiger partial charge in [-0.1, -0.05) is 6.07 Å². The summed E-state index contributed by atoms with van der Waals surface area (Å²) >= 11 is 3.31. The van der Waals surface area contributed by atoms with Crippen molar-refractivity contribution in [2.45, 2.75) is 11.4 Å². The Kier molecular flexibility index (Phi) is 4.65. The molecule has 1 aromatic carbocycles. The summed E-state index contributed by atoms with van der Waals surface area (Å²) in [4.78, 5) is 1.21. The molecule has 2 heterocycles. The summed E-state index contributed by atoms with van der Waals surface area (Å²) in [6.45, 7) is 0.839. The second kappa shape index (κ2) is 6.85. The molecule has 3 nitrogen and oxygen atoms in total. The van der Waals surface area contributed by atoms with E-state index in [0.29, 0.717) is 0 Å². The lowest BCUT2D eigenvalue weighted by molar-refractivity contribution is 0.582.